The highest BCUT2D eigenvalue weighted by molar-refractivity contribution is 7.13. The maximum atomic E-state index is 12.3. The second kappa shape index (κ2) is 10.2. The number of thiazole rings is 1. The Labute approximate surface area is 178 Å². The van der Waals surface area contributed by atoms with Gasteiger partial charge >= 0.3 is 11.9 Å². The molecule has 160 valence electrons. The van der Waals surface area contributed by atoms with E-state index in [9.17, 15) is 14.4 Å². The molecule has 0 spiro atoms. The van der Waals surface area contributed by atoms with Gasteiger partial charge in [-0.25, -0.2) is 9.78 Å². The Balaban J connectivity index is 1.48. The zero-order valence-electron chi connectivity index (χ0n) is 17.0. The molecule has 1 aliphatic heterocycles. The lowest BCUT2D eigenvalue weighted by Crippen LogP contribution is -2.42. The zero-order chi connectivity index (χ0) is 21.5. The highest BCUT2D eigenvalue weighted by Gasteiger charge is 2.28. The Kier molecular flexibility index (Phi) is 7.40. The van der Waals surface area contributed by atoms with Crippen LogP contribution >= 0.6 is 11.3 Å². The number of esters is 2. The Bertz CT molecular complexity index is 887. The third-order valence-electron chi connectivity index (χ3n) is 4.84. The van der Waals surface area contributed by atoms with Crippen molar-refractivity contribution in [1.29, 1.82) is 0 Å². The average Bonchev–Trinajstić information content (AvgIpc) is 3.28. The molecule has 9 heteroatoms. The van der Waals surface area contributed by atoms with E-state index in [0.717, 1.165) is 11.3 Å². The number of hydrogen-bond donors (Lipinski definition) is 0. The van der Waals surface area contributed by atoms with Crippen LogP contribution in [0.2, 0.25) is 0 Å². The number of ether oxygens (including phenoxy) is 3. The van der Waals surface area contributed by atoms with Crippen LogP contribution in [0.1, 0.15) is 30.3 Å². The van der Waals surface area contributed by atoms with Crippen molar-refractivity contribution in [2.45, 2.75) is 19.8 Å². The smallest absolute Gasteiger partial charge is 0.358 e. The van der Waals surface area contributed by atoms with E-state index in [0.29, 0.717) is 37.5 Å². The van der Waals surface area contributed by atoms with Crippen molar-refractivity contribution >= 4 is 29.2 Å². The van der Waals surface area contributed by atoms with Crippen LogP contribution in [0.3, 0.4) is 0 Å². The van der Waals surface area contributed by atoms with E-state index in [2.05, 4.69) is 4.98 Å². The SMILES string of the molecule is CCOC(=O)C1CCN(C(=O)COC(=O)c2csc(-c3ccc(OC)cc3)n2)CC1. The lowest BCUT2D eigenvalue weighted by atomic mass is 9.97. The number of amides is 1. The van der Waals surface area contributed by atoms with E-state index in [1.807, 2.05) is 24.3 Å². The second-order valence-electron chi connectivity index (χ2n) is 6.75. The van der Waals surface area contributed by atoms with Crippen LogP contribution in [0.4, 0.5) is 0 Å². The van der Waals surface area contributed by atoms with Crippen LogP contribution in [0.5, 0.6) is 5.75 Å². The first kappa shape index (κ1) is 21.8. The summed E-state index contributed by atoms with van der Waals surface area (Å²) in [4.78, 5) is 42.3. The number of carbonyl (C=O) groups is 3. The molecule has 0 aliphatic carbocycles. The predicted molar refractivity (Wildman–Crippen MR) is 110 cm³/mol. The molecule has 8 nitrogen and oxygen atoms in total. The normalized spacial score (nSPS) is 14.3. The first-order valence-corrected chi connectivity index (χ1v) is 10.6. The number of rotatable bonds is 7. The third kappa shape index (κ3) is 5.35. The number of methoxy groups -OCH3 is 1. The summed E-state index contributed by atoms with van der Waals surface area (Å²) in [5.41, 5.74) is 1.03. The molecule has 0 N–H and O–H groups in total. The maximum Gasteiger partial charge on any atom is 0.358 e. The number of hydrogen-bond acceptors (Lipinski definition) is 8. The fourth-order valence-corrected chi connectivity index (χ4v) is 3.95. The highest BCUT2D eigenvalue weighted by atomic mass is 32.1. The van der Waals surface area contributed by atoms with Crippen LogP contribution < -0.4 is 4.74 Å². The number of carbonyl (C=O) groups excluding carboxylic acids is 3. The van der Waals surface area contributed by atoms with E-state index in [1.54, 1.807) is 24.3 Å². The summed E-state index contributed by atoms with van der Waals surface area (Å²) in [6.07, 6.45) is 1.10. The lowest BCUT2D eigenvalue weighted by molar-refractivity contribution is -0.151. The van der Waals surface area contributed by atoms with Gasteiger partial charge in [0.15, 0.2) is 12.3 Å². The second-order valence-corrected chi connectivity index (χ2v) is 7.61. The topological polar surface area (TPSA) is 95.0 Å². The van der Waals surface area contributed by atoms with Crippen LogP contribution in [-0.4, -0.2) is 61.1 Å². The number of aromatic nitrogens is 1. The maximum absolute atomic E-state index is 12.3. The number of likely N-dealkylation sites (tertiary alicyclic amines) is 1. The quantitative estimate of drug-likeness (QED) is 0.621. The van der Waals surface area contributed by atoms with Gasteiger partial charge in [-0.3, -0.25) is 9.59 Å². The first-order valence-electron chi connectivity index (χ1n) is 9.73. The van der Waals surface area contributed by atoms with Crippen molar-refractivity contribution in [3.63, 3.8) is 0 Å². The Morgan fingerprint density at radius 3 is 2.47 bits per heavy atom. The number of piperidine rings is 1. The van der Waals surface area contributed by atoms with E-state index in [1.165, 1.54) is 11.3 Å². The zero-order valence-corrected chi connectivity index (χ0v) is 17.8. The Morgan fingerprint density at radius 2 is 1.83 bits per heavy atom. The molecule has 30 heavy (non-hydrogen) atoms. The summed E-state index contributed by atoms with van der Waals surface area (Å²) < 4.78 is 15.3. The molecule has 2 aromatic rings. The van der Waals surface area contributed by atoms with E-state index in [-0.39, 0.29) is 30.1 Å². The van der Waals surface area contributed by atoms with Gasteiger partial charge < -0.3 is 19.1 Å². The molecule has 1 aromatic carbocycles. The molecular formula is C21H24N2O6S. The number of nitrogens with zero attached hydrogens (tertiary/aromatic N) is 2. The van der Waals surface area contributed by atoms with E-state index in [4.69, 9.17) is 14.2 Å². The minimum absolute atomic E-state index is 0.166. The fourth-order valence-electron chi connectivity index (χ4n) is 3.15. The van der Waals surface area contributed by atoms with Gasteiger partial charge in [0, 0.05) is 24.0 Å². The molecule has 2 heterocycles. The van der Waals surface area contributed by atoms with Crippen LogP contribution in [0, 0.1) is 5.92 Å². The van der Waals surface area contributed by atoms with Gasteiger partial charge in [0.25, 0.3) is 5.91 Å². The lowest BCUT2D eigenvalue weighted by Gasteiger charge is -2.30. The largest absolute Gasteiger partial charge is 0.497 e. The summed E-state index contributed by atoms with van der Waals surface area (Å²) in [6, 6.07) is 7.35. The van der Waals surface area contributed by atoms with Gasteiger partial charge in [-0.2, -0.15) is 0 Å². The van der Waals surface area contributed by atoms with Crippen molar-refractivity contribution in [3.8, 4) is 16.3 Å². The van der Waals surface area contributed by atoms with Crippen molar-refractivity contribution in [1.82, 2.24) is 9.88 Å². The molecule has 1 fully saturated rings. The van der Waals surface area contributed by atoms with Crippen molar-refractivity contribution < 1.29 is 28.6 Å². The summed E-state index contributed by atoms with van der Waals surface area (Å²) in [5.74, 6) is -0.577. The molecule has 1 aliphatic rings. The van der Waals surface area contributed by atoms with Crippen molar-refractivity contribution in [2.24, 2.45) is 5.92 Å². The molecular weight excluding hydrogens is 408 g/mol. The standard InChI is InChI=1S/C21H24N2O6S/c1-3-28-20(25)15-8-10-23(11-9-15)18(24)12-29-21(26)17-13-30-19(22-17)14-4-6-16(27-2)7-5-14/h4-7,13,15H,3,8-12H2,1-2H3. The number of benzene rings is 1. The van der Waals surface area contributed by atoms with E-state index < -0.39 is 5.97 Å². The summed E-state index contributed by atoms with van der Waals surface area (Å²) in [7, 11) is 1.59. The van der Waals surface area contributed by atoms with Crippen molar-refractivity contribution in [3.05, 3.63) is 35.3 Å². The van der Waals surface area contributed by atoms with Gasteiger partial charge in [0.1, 0.15) is 10.8 Å². The molecule has 0 atom stereocenters. The third-order valence-corrected chi connectivity index (χ3v) is 5.74. The van der Waals surface area contributed by atoms with E-state index >= 15 is 0 Å². The summed E-state index contributed by atoms with van der Waals surface area (Å²) >= 11 is 1.32. The monoisotopic (exact) mass is 432 g/mol. The Morgan fingerprint density at radius 1 is 1.13 bits per heavy atom. The van der Waals surface area contributed by atoms with Crippen molar-refractivity contribution in [2.75, 3.05) is 33.4 Å². The summed E-state index contributed by atoms with van der Waals surface area (Å²) in [6.45, 7) is 2.66. The van der Waals surface area contributed by atoms with Gasteiger partial charge in [-0.1, -0.05) is 0 Å². The molecule has 3 rings (SSSR count). The van der Waals surface area contributed by atoms with Gasteiger partial charge in [-0.05, 0) is 44.0 Å². The Hall–Kier alpha value is -2.94. The molecule has 1 saturated heterocycles. The van der Waals surface area contributed by atoms with Gasteiger partial charge in [0.05, 0.1) is 19.6 Å². The molecule has 0 radical (unpaired) electrons. The average molecular weight is 432 g/mol. The minimum Gasteiger partial charge on any atom is -0.497 e. The first-order chi connectivity index (χ1) is 14.5. The van der Waals surface area contributed by atoms with Crippen LogP contribution in [-0.2, 0) is 19.1 Å². The molecule has 0 bridgehead atoms. The molecule has 1 aromatic heterocycles. The minimum atomic E-state index is -0.638. The van der Waals surface area contributed by atoms with Crippen LogP contribution in [0.15, 0.2) is 29.6 Å². The van der Waals surface area contributed by atoms with Gasteiger partial charge in [0.2, 0.25) is 0 Å². The van der Waals surface area contributed by atoms with Crippen LogP contribution in [0.25, 0.3) is 10.6 Å². The molecule has 0 unspecified atom stereocenters. The predicted octanol–water partition coefficient (Wildman–Crippen LogP) is 2.78. The molecule has 1 amide bonds. The fraction of sp³-hybridized carbons (Fsp3) is 0.429. The van der Waals surface area contributed by atoms with Gasteiger partial charge in [-0.15, -0.1) is 11.3 Å². The summed E-state index contributed by atoms with van der Waals surface area (Å²) in [5, 5.41) is 2.29. The highest BCUT2D eigenvalue weighted by Crippen LogP contribution is 2.26. The molecule has 0 saturated carbocycles.